The summed E-state index contributed by atoms with van der Waals surface area (Å²) in [6, 6.07) is 11.1. The van der Waals surface area contributed by atoms with Gasteiger partial charge in [-0.1, -0.05) is 23.7 Å². The molecule has 1 amide bonds. The first-order chi connectivity index (χ1) is 13.8. The Morgan fingerprint density at radius 1 is 1.17 bits per heavy atom. The number of H-pyrrole nitrogens is 1. The van der Waals surface area contributed by atoms with E-state index in [2.05, 4.69) is 4.98 Å². The highest BCUT2D eigenvalue weighted by atomic mass is 35.5. The number of aliphatic hydroxyl groups is 1. The molecule has 1 aliphatic rings. The van der Waals surface area contributed by atoms with Gasteiger partial charge >= 0.3 is 5.69 Å². The Hall–Kier alpha value is -2.64. The minimum atomic E-state index is -0.928. The van der Waals surface area contributed by atoms with Gasteiger partial charge in [-0.25, -0.2) is 9.18 Å². The zero-order valence-electron chi connectivity index (χ0n) is 15.7. The van der Waals surface area contributed by atoms with Crippen molar-refractivity contribution in [3.63, 3.8) is 0 Å². The molecule has 4 rings (SSSR count). The average molecular weight is 418 g/mol. The van der Waals surface area contributed by atoms with Crippen LogP contribution >= 0.6 is 11.6 Å². The number of nitrogens with one attached hydrogen (secondary N) is 1. The van der Waals surface area contributed by atoms with Crippen molar-refractivity contribution in [2.45, 2.75) is 31.4 Å². The number of nitrogens with zero attached hydrogens (tertiary/aromatic N) is 2. The topological polar surface area (TPSA) is 78.3 Å². The first kappa shape index (κ1) is 19.7. The van der Waals surface area contributed by atoms with Gasteiger partial charge in [0, 0.05) is 24.5 Å². The van der Waals surface area contributed by atoms with Gasteiger partial charge in [0.15, 0.2) is 0 Å². The third kappa shape index (κ3) is 4.21. The quantitative estimate of drug-likeness (QED) is 0.685. The fourth-order valence-electron chi connectivity index (χ4n) is 3.86. The highest BCUT2D eigenvalue weighted by Gasteiger charge is 2.34. The predicted octanol–water partition coefficient (Wildman–Crippen LogP) is 2.72. The second-order valence-electron chi connectivity index (χ2n) is 7.59. The lowest BCUT2D eigenvalue weighted by molar-refractivity contribution is -0.136. The molecule has 0 aliphatic carbocycles. The summed E-state index contributed by atoms with van der Waals surface area (Å²) in [5, 5.41) is 11.4. The number of benzene rings is 2. The largest absolute Gasteiger partial charge is 0.389 e. The molecule has 0 spiro atoms. The van der Waals surface area contributed by atoms with E-state index >= 15 is 0 Å². The zero-order valence-corrected chi connectivity index (χ0v) is 16.5. The van der Waals surface area contributed by atoms with Gasteiger partial charge in [-0.15, -0.1) is 0 Å². The van der Waals surface area contributed by atoms with Crippen LogP contribution < -0.4 is 5.69 Å². The summed E-state index contributed by atoms with van der Waals surface area (Å²) >= 11 is 5.95. The number of hydrogen-bond acceptors (Lipinski definition) is 3. The Bertz CT molecular complexity index is 1100. The molecule has 2 heterocycles. The van der Waals surface area contributed by atoms with Crippen LogP contribution in [-0.2, 0) is 17.8 Å². The predicted molar refractivity (Wildman–Crippen MR) is 108 cm³/mol. The van der Waals surface area contributed by atoms with Crippen molar-refractivity contribution in [3.8, 4) is 0 Å². The molecule has 0 bridgehead atoms. The van der Waals surface area contributed by atoms with Crippen LogP contribution in [0.5, 0.6) is 0 Å². The van der Waals surface area contributed by atoms with E-state index in [0.29, 0.717) is 48.4 Å². The number of carbonyl (C=O) groups is 1. The van der Waals surface area contributed by atoms with Crippen LogP contribution in [0.3, 0.4) is 0 Å². The van der Waals surface area contributed by atoms with Crippen LogP contribution in [0.15, 0.2) is 47.3 Å². The lowest BCUT2D eigenvalue weighted by atomic mass is 9.85. The third-order valence-electron chi connectivity index (χ3n) is 5.52. The molecule has 152 valence electrons. The van der Waals surface area contributed by atoms with E-state index in [1.54, 1.807) is 35.2 Å². The average Bonchev–Trinajstić information content (AvgIpc) is 2.98. The van der Waals surface area contributed by atoms with E-state index in [1.165, 1.54) is 16.7 Å². The van der Waals surface area contributed by atoms with Crippen molar-refractivity contribution in [2.75, 3.05) is 13.1 Å². The van der Waals surface area contributed by atoms with Crippen LogP contribution in [0.2, 0.25) is 5.02 Å². The molecule has 1 saturated heterocycles. The van der Waals surface area contributed by atoms with Gasteiger partial charge in [-0.05, 0) is 48.7 Å². The third-order valence-corrected chi connectivity index (χ3v) is 5.76. The summed E-state index contributed by atoms with van der Waals surface area (Å²) < 4.78 is 14.5. The SMILES string of the molecule is O=C(Cn1c(=O)[nH]c2cc(Cl)ccc21)N1CCC(O)(Cc2ccc(F)cc2)CC1. The van der Waals surface area contributed by atoms with Crippen molar-refractivity contribution in [3.05, 3.63) is 69.4 Å². The number of hydrogen-bond donors (Lipinski definition) is 2. The van der Waals surface area contributed by atoms with E-state index in [-0.39, 0.29) is 24.0 Å². The van der Waals surface area contributed by atoms with Crippen molar-refractivity contribution < 1.29 is 14.3 Å². The fourth-order valence-corrected chi connectivity index (χ4v) is 4.03. The van der Waals surface area contributed by atoms with Crippen LogP contribution in [0, 0.1) is 5.82 Å². The monoisotopic (exact) mass is 417 g/mol. The lowest BCUT2D eigenvalue weighted by Gasteiger charge is -2.38. The van der Waals surface area contributed by atoms with Crippen LogP contribution in [0.25, 0.3) is 11.0 Å². The molecule has 1 fully saturated rings. The minimum Gasteiger partial charge on any atom is -0.389 e. The van der Waals surface area contributed by atoms with E-state index in [9.17, 15) is 19.1 Å². The minimum absolute atomic E-state index is 0.0726. The van der Waals surface area contributed by atoms with E-state index in [0.717, 1.165) is 5.56 Å². The Balaban J connectivity index is 1.41. The molecule has 0 unspecified atom stereocenters. The van der Waals surface area contributed by atoms with Gasteiger partial charge in [-0.2, -0.15) is 0 Å². The molecule has 0 radical (unpaired) electrons. The van der Waals surface area contributed by atoms with Gasteiger partial charge in [0.05, 0.1) is 16.6 Å². The molecule has 29 heavy (non-hydrogen) atoms. The first-order valence-corrected chi connectivity index (χ1v) is 9.83. The van der Waals surface area contributed by atoms with Crippen molar-refractivity contribution in [1.29, 1.82) is 0 Å². The van der Waals surface area contributed by atoms with Gasteiger partial charge in [0.2, 0.25) is 5.91 Å². The molecule has 6 nitrogen and oxygen atoms in total. The summed E-state index contributed by atoms with van der Waals surface area (Å²) in [5.74, 6) is -0.484. The zero-order chi connectivity index (χ0) is 20.6. The summed E-state index contributed by atoms with van der Waals surface area (Å²) in [7, 11) is 0. The van der Waals surface area contributed by atoms with Crippen LogP contribution in [0.4, 0.5) is 4.39 Å². The van der Waals surface area contributed by atoms with Crippen LogP contribution in [-0.4, -0.2) is 44.2 Å². The molecular weight excluding hydrogens is 397 g/mol. The number of aromatic amines is 1. The van der Waals surface area contributed by atoms with Gasteiger partial charge in [-0.3, -0.25) is 9.36 Å². The number of piperidine rings is 1. The van der Waals surface area contributed by atoms with Gasteiger partial charge in [0.25, 0.3) is 0 Å². The number of rotatable bonds is 4. The number of amides is 1. The molecule has 0 saturated carbocycles. The lowest BCUT2D eigenvalue weighted by Crippen LogP contribution is -2.48. The number of halogens is 2. The first-order valence-electron chi connectivity index (χ1n) is 9.46. The summed E-state index contributed by atoms with van der Waals surface area (Å²) in [6.07, 6.45) is 1.26. The Morgan fingerprint density at radius 3 is 2.55 bits per heavy atom. The standard InChI is InChI=1S/C21H21ClFN3O3/c22-15-3-6-18-17(11-15)24-20(28)26(18)13-19(27)25-9-7-21(29,8-10-25)12-14-1-4-16(23)5-2-14/h1-6,11,29H,7-10,12-13H2,(H,24,28). The van der Waals surface area contributed by atoms with Gasteiger partial charge in [0.1, 0.15) is 12.4 Å². The van der Waals surface area contributed by atoms with Gasteiger partial charge < -0.3 is 15.0 Å². The molecule has 1 aromatic heterocycles. The molecule has 8 heteroatoms. The Morgan fingerprint density at radius 2 is 1.86 bits per heavy atom. The molecule has 2 aromatic carbocycles. The number of aromatic nitrogens is 2. The maximum Gasteiger partial charge on any atom is 0.326 e. The highest BCUT2D eigenvalue weighted by Crippen LogP contribution is 2.27. The molecule has 0 atom stereocenters. The smallest absolute Gasteiger partial charge is 0.326 e. The number of imidazole rings is 1. The Kier molecular flexibility index (Phi) is 5.19. The van der Waals surface area contributed by atoms with Crippen molar-refractivity contribution in [2.24, 2.45) is 0 Å². The molecule has 3 aromatic rings. The van der Waals surface area contributed by atoms with E-state index in [1.807, 2.05) is 0 Å². The Labute approximate surface area is 171 Å². The number of fused-ring (bicyclic) bond motifs is 1. The fraction of sp³-hybridized carbons (Fsp3) is 0.333. The van der Waals surface area contributed by atoms with Crippen molar-refractivity contribution >= 4 is 28.5 Å². The van der Waals surface area contributed by atoms with E-state index in [4.69, 9.17) is 11.6 Å². The summed E-state index contributed by atoms with van der Waals surface area (Å²) in [6.45, 7) is 0.732. The summed E-state index contributed by atoms with van der Waals surface area (Å²) in [4.78, 5) is 29.3. The second-order valence-corrected chi connectivity index (χ2v) is 8.02. The highest BCUT2D eigenvalue weighted by molar-refractivity contribution is 6.31. The number of likely N-dealkylation sites (tertiary alicyclic amines) is 1. The maximum atomic E-state index is 13.1. The molecular formula is C21H21ClFN3O3. The second kappa shape index (κ2) is 7.65. The normalized spacial score (nSPS) is 16.3. The molecule has 1 aliphatic heterocycles. The summed E-state index contributed by atoms with van der Waals surface area (Å²) in [5.41, 5.74) is 0.779. The van der Waals surface area contributed by atoms with Crippen molar-refractivity contribution in [1.82, 2.24) is 14.5 Å². The molecule has 2 N–H and O–H groups in total. The number of carbonyl (C=O) groups excluding carboxylic acids is 1. The van der Waals surface area contributed by atoms with E-state index < -0.39 is 5.60 Å². The maximum absolute atomic E-state index is 13.1. The van der Waals surface area contributed by atoms with Crippen LogP contribution in [0.1, 0.15) is 18.4 Å².